The van der Waals surface area contributed by atoms with Gasteiger partial charge in [-0.05, 0) is 49.6 Å². The van der Waals surface area contributed by atoms with Crippen LogP contribution in [0.25, 0.3) is 33.2 Å². The monoisotopic (exact) mass is 432 g/mol. The topological polar surface area (TPSA) is 79.1 Å². The van der Waals surface area contributed by atoms with E-state index >= 15 is 0 Å². The van der Waals surface area contributed by atoms with E-state index < -0.39 is 0 Å². The molecule has 0 radical (unpaired) electrons. The average Bonchev–Trinajstić information content (AvgIpc) is 3.24. The number of nitrogens with zero attached hydrogens (tertiary/aromatic N) is 5. The van der Waals surface area contributed by atoms with E-state index in [0.717, 1.165) is 60.1 Å². The van der Waals surface area contributed by atoms with Crippen LogP contribution < -0.4 is 10.2 Å². The summed E-state index contributed by atoms with van der Waals surface area (Å²) in [4.78, 5) is 11.8. The number of pyridine rings is 2. The molecule has 2 aliphatic rings. The largest absolute Gasteiger partial charge is 0.507 e. The summed E-state index contributed by atoms with van der Waals surface area (Å²) in [6.07, 6.45) is 4.79. The highest BCUT2D eigenvalue weighted by atomic mass is 19.1. The summed E-state index contributed by atoms with van der Waals surface area (Å²) < 4.78 is 15.0. The van der Waals surface area contributed by atoms with Gasteiger partial charge in [0.25, 0.3) is 0 Å². The first-order chi connectivity index (χ1) is 15.5. The second-order valence-electron chi connectivity index (χ2n) is 9.13. The number of nitrogens with one attached hydrogen (secondary N) is 1. The first-order valence-corrected chi connectivity index (χ1v) is 11.1. The number of hydrogen-bond donors (Lipinski definition) is 2. The number of benzene rings is 1. The lowest BCUT2D eigenvalue weighted by Crippen LogP contribution is -2.43. The first kappa shape index (κ1) is 19.4. The van der Waals surface area contributed by atoms with Gasteiger partial charge in [-0.15, -0.1) is 0 Å². The number of aryl methyl sites for hydroxylation is 1. The van der Waals surface area contributed by atoms with E-state index in [1.54, 1.807) is 10.7 Å². The molecule has 2 fully saturated rings. The minimum absolute atomic E-state index is 0.157. The van der Waals surface area contributed by atoms with E-state index in [9.17, 15) is 9.50 Å². The molecule has 1 atom stereocenters. The lowest BCUT2D eigenvalue weighted by atomic mass is 10.1. The van der Waals surface area contributed by atoms with Crippen LogP contribution in [0.5, 0.6) is 5.75 Å². The maximum absolute atomic E-state index is 13.2. The lowest BCUT2D eigenvalue weighted by Gasteiger charge is -2.21. The van der Waals surface area contributed by atoms with Crippen LogP contribution in [0, 0.1) is 0 Å². The number of rotatable bonds is 5. The molecule has 1 saturated heterocycles. The van der Waals surface area contributed by atoms with Gasteiger partial charge in [-0.2, -0.15) is 5.10 Å². The van der Waals surface area contributed by atoms with Crippen LogP contribution in [-0.2, 0) is 7.05 Å². The molecule has 8 heteroatoms. The second kappa shape index (κ2) is 7.13. The highest BCUT2D eigenvalue weighted by molar-refractivity contribution is 5.88. The third-order valence-corrected chi connectivity index (χ3v) is 6.67. The molecule has 0 unspecified atom stereocenters. The molecule has 1 aromatic carbocycles. The number of hydrogen-bond acceptors (Lipinski definition) is 6. The van der Waals surface area contributed by atoms with Crippen LogP contribution in [0.1, 0.15) is 19.3 Å². The van der Waals surface area contributed by atoms with Crippen LogP contribution >= 0.6 is 0 Å². The number of fused-ring (bicyclic) bond motifs is 2. The lowest BCUT2D eigenvalue weighted by molar-refractivity contribution is 0.332. The standard InChI is InChI=1S/C24H25FN6O/c1-30-12-15-10-17(22(32)11-21(15)29-30)18-2-3-20-19(26-18)4-5-23(27-20)31-9-6-16(13-31)28-24(14-25)7-8-24/h2-5,10-12,16,28,32H,6-9,13-14H2,1H3/t16-/m0/s1. The molecule has 4 heterocycles. The van der Waals surface area contributed by atoms with Gasteiger partial charge < -0.3 is 15.3 Å². The predicted molar refractivity (Wildman–Crippen MR) is 123 cm³/mol. The minimum Gasteiger partial charge on any atom is -0.507 e. The van der Waals surface area contributed by atoms with E-state index in [0.29, 0.717) is 17.3 Å². The Balaban J connectivity index is 1.26. The second-order valence-corrected chi connectivity index (χ2v) is 9.13. The quantitative estimate of drug-likeness (QED) is 0.502. The normalized spacial score (nSPS) is 19.8. The van der Waals surface area contributed by atoms with Crippen molar-refractivity contribution in [3.05, 3.63) is 42.6 Å². The Morgan fingerprint density at radius 1 is 1.12 bits per heavy atom. The molecular weight excluding hydrogens is 407 g/mol. The van der Waals surface area contributed by atoms with Crippen molar-refractivity contribution >= 4 is 27.8 Å². The van der Waals surface area contributed by atoms with Gasteiger partial charge in [-0.3, -0.25) is 4.68 Å². The number of phenols is 1. The van der Waals surface area contributed by atoms with Crippen molar-refractivity contribution in [3.8, 4) is 17.0 Å². The van der Waals surface area contributed by atoms with E-state index in [-0.39, 0.29) is 18.0 Å². The predicted octanol–water partition coefficient (Wildman–Crippen LogP) is 3.56. The van der Waals surface area contributed by atoms with E-state index in [1.165, 1.54) is 0 Å². The highest BCUT2D eigenvalue weighted by Crippen LogP contribution is 2.37. The van der Waals surface area contributed by atoms with Gasteiger partial charge in [-0.25, -0.2) is 14.4 Å². The molecule has 1 aliphatic carbocycles. The fourth-order valence-electron chi connectivity index (χ4n) is 4.70. The first-order valence-electron chi connectivity index (χ1n) is 11.1. The molecule has 6 rings (SSSR count). The summed E-state index contributed by atoms with van der Waals surface area (Å²) in [6, 6.07) is 11.7. The maximum atomic E-state index is 13.2. The van der Waals surface area contributed by atoms with Crippen molar-refractivity contribution in [1.29, 1.82) is 0 Å². The van der Waals surface area contributed by atoms with Gasteiger partial charge >= 0.3 is 0 Å². The molecule has 3 aromatic heterocycles. The fraction of sp³-hybridized carbons (Fsp3) is 0.375. The number of aromatic hydroxyl groups is 1. The number of anilines is 1. The zero-order valence-electron chi connectivity index (χ0n) is 17.9. The molecule has 1 aliphatic heterocycles. The zero-order valence-corrected chi connectivity index (χ0v) is 17.9. The van der Waals surface area contributed by atoms with Crippen molar-refractivity contribution in [1.82, 2.24) is 25.1 Å². The number of aromatic nitrogens is 4. The van der Waals surface area contributed by atoms with Crippen LogP contribution in [0.2, 0.25) is 0 Å². The average molecular weight is 433 g/mol. The highest BCUT2D eigenvalue weighted by Gasteiger charge is 2.45. The molecule has 0 spiro atoms. The molecule has 0 amide bonds. The van der Waals surface area contributed by atoms with Crippen LogP contribution in [0.15, 0.2) is 42.6 Å². The summed E-state index contributed by atoms with van der Waals surface area (Å²) in [5.41, 5.74) is 3.45. The van der Waals surface area contributed by atoms with Crippen molar-refractivity contribution < 1.29 is 9.50 Å². The van der Waals surface area contributed by atoms with E-state index in [1.807, 2.05) is 43.6 Å². The fourth-order valence-corrected chi connectivity index (χ4v) is 4.70. The molecule has 2 N–H and O–H groups in total. The number of phenolic OH excluding ortho intramolecular Hbond substituents is 1. The third kappa shape index (κ3) is 3.35. The smallest absolute Gasteiger partial charge is 0.129 e. The molecule has 7 nitrogen and oxygen atoms in total. The Hall–Kier alpha value is -3.26. The van der Waals surface area contributed by atoms with Gasteiger partial charge in [0.1, 0.15) is 18.2 Å². The van der Waals surface area contributed by atoms with Gasteiger partial charge in [0.15, 0.2) is 0 Å². The molecular formula is C24H25FN6O. The molecule has 4 aromatic rings. The SMILES string of the molecule is Cn1cc2cc(-c3ccc4nc(N5CC[C@H](NC6(CF)CC6)C5)ccc4n3)c(O)cc2n1. The Morgan fingerprint density at radius 3 is 2.75 bits per heavy atom. The molecule has 1 saturated carbocycles. The Bertz CT molecular complexity index is 1330. The summed E-state index contributed by atoms with van der Waals surface area (Å²) in [6.45, 7) is 1.46. The van der Waals surface area contributed by atoms with Gasteiger partial charge in [0.2, 0.25) is 0 Å². The van der Waals surface area contributed by atoms with E-state index in [2.05, 4.69) is 15.3 Å². The minimum atomic E-state index is -0.283. The molecule has 32 heavy (non-hydrogen) atoms. The van der Waals surface area contributed by atoms with Crippen LogP contribution in [-0.4, -0.2) is 56.2 Å². The van der Waals surface area contributed by atoms with Crippen LogP contribution in [0.4, 0.5) is 10.2 Å². The van der Waals surface area contributed by atoms with Crippen molar-refractivity contribution in [2.75, 3.05) is 24.7 Å². The summed E-state index contributed by atoms with van der Waals surface area (Å²) in [5.74, 6) is 1.08. The third-order valence-electron chi connectivity index (χ3n) is 6.67. The van der Waals surface area contributed by atoms with E-state index in [4.69, 9.17) is 9.97 Å². The Morgan fingerprint density at radius 2 is 1.94 bits per heavy atom. The number of halogens is 1. The molecule has 0 bridgehead atoms. The zero-order chi connectivity index (χ0) is 21.9. The van der Waals surface area contributed by atoms with Gasteiger partial charge in [0.05, 0.1) is 22.2 Å². The summed E-state index contributed by atoms with van der Waals surface area (Å²) in [5, 5.41) is 19.3. The number of alkyl halides is 1. The summed E-state index contributed by atoms with van der Waals surface area (Å²) in [7, 11) is 1.86. The Labute approximate surface area is 184 Å². The van der Waals surface area contributed by atoms with Gasteiger partial charge in [0, 0.05) is 54.9 Å². The van der Waals surface area contributed by atoms with Crippen molar-refractivity contribution in [2.45, 2.75) is 30.8 Å². The van der Waals surface area contributed by atoms with Crippen molar-refractivity contribution in [2.24, 2.45) is 7.05 Å². The molecule has 164 valence electrons. The van der Waals surface area contributed by atoms with Crippen molar-refractivity contribution in [3.63, 3.8) is 0 Å². The van der Waals surface area contributed by atoms with Gasteiger partial charge in [-0.1, -0.05) is 0 Å². The summed E-state index contributed by atoms with van der Waals surface area (Å²) >= 11 is 0. The Kier molecular flexibility index (Phi) is 4.33. The maximum Gasteiger partial charge on any atom is 0.129 e. The van der Waals surface area contributed by atoms with Crippen LogP contribution in [0.3, 0.4) is 0 Å².